The Labute approximate surface area is 144 Å². The van der Waals surface area contributed by atoms with Gasteiger partial charge in [-0.3, -0.25) is 4.55 Å². The number of nitrogens with zero attached hydrogens (tertiary/aromatic N) is 1. The van der Waals surface area contributed by atoms with Crippen LogP contribution < -0.4 is 12.4 Å². The van der Waals surface area contributed by atoms with Crippen LogP contribution in [0, 0.1) is 6.92 Å². The van der Waals surface area contributed by atoms with Crippen LogP contribution in [0.4, 0.5) is 0 Å². The fourth-order valence-electron chi connectivity index (χ4n) is 1.01. The number of likely N-dealkylation sites (N-methyl/N-ethyl adjacent to an activating group) is 1. The summed E-state index contributed by atoms with van der Waals surface area (Å²) in [5, 5.41) is 23.6. The van der Waals surface area contributed by atoms with Crippen LogP contribution in [-0.4, -0.2) is 80.3 Å². The number of hydrogen-bond acceptors (Lipinski definition) is 5. The first-order valence-corrected chi connectivity index (χ1v) is 8.09. The van der Waals surface area contributed by atoms with Gasteiger partial charge in [-0.05, 0) is 19.1 Å². The maximum absolute atomic E-state index is 10.5. The number of aliphatic hydroxyl groups excluding tert-OH is 3. The van der Waals surface area contributed by atoms with Crippen molar-refractivity contribution < 1.29 is 45.2 Å². The van der Waals surface area contributed by atoms with E-state index in [4.69, 9.17) is 19.9 Å². The van der Waals surface area contributed by atoms with Crippen LogP contribution in [-0.2, 0) is 10.1 Å². The number of rotatable bonds is 4. The van der Waals surface area contributed by atoms with Crippen LogP contribution in [0.15, 0.2) is 29.2 Å². The Bertz CT molecular complexity index is 483. The molecule has 0 bridgehead atoms. The zero-order valence-corrected chi connectivity index (χ0v) is 15.5. The molecule has 138 valence electrons. The van der Waals surface area contributed by atoms with E-state index >= 15 is 0 Å². The molecule has 7 nitrogen and oxygen atoms in total. The Morgan fingerprint density at radius 2 is 1.30 bits per heavy atom. The Kier molecular flexibility index (Phi) is 16.1. The van der Waals surface area contributed by atoms with Gasteiger partial charge in [-0.15, -0.1) is 0 Å². The minimum Gasteiger partial charge on any atom is -1.00 e. The van der Waals surface area contributed by atoms with Gasteiger partial charge in [0.1, 0.15) is 6.54 Å². The standard InChI is InChI=1S/C7H8O3S.C5H14NO.C2H6O2.ClH/c1-6-2-4-7(5-3-6)11(8,9)10;1-6(2,3)4-5-7;3-1-2-4;/h2-5H,1H3,(H,8,9,10);7H,4-5H2,1-3H3;3-4H,1-2H2;1H/q;+1;;/p-1. The number of hydrogen-bond donors (Lipinski definition) is 4. The lowest BCUT2D eigenvalue weighted by Gasteiger charge is -2.21. The first-order valence-electron chi connectivity index (χ1n) is 6.65. The summed E-state index contributed by atoms with van der Waals surface area (Å²) < 4.78 is 30.4. The summed E-state index contributed by atoms with van der Waals surface area (Å²) >= 11 is 0. The second kappa shape index (κ2) is 13.7. The van der Waals surface area contributed by atoms with E-state index in [0.717, 1.165) is 16.6 Å². The molecule has 0 aliphatic heterocycles. The highest BCUT2D eigenvalue weighted by Gasteiger charge is 2.06. The molecule has 0 radical (unpaired) electrons. The van der Waals surface area contributed by atoms with Crippen molar-refractivity contribution in [2.45, 2.75) is 11.8 Å². The number of quaternary nitrogens is 1. The molecular formula is C14H28ClNO6S. The molecular weight excluding hydrogens is 346 g/mol. The first-order chi connectivity index (χ1) is 9.97. The largest absolute Gasteiger partial charge is 1.00 e. The molecule has 0 heterocycles. The Morgan fingerprint density at radius 1 is 0.913 bits per heavy atom. The van der Waals surface area contributed by atoms with Crippen LogP contribution in [0.3, 0.4) is 0 Å². The van der Waals surface area contributed by atoms with Gasteiger partial charge < -0.3 is 32.2 Å². The van der Waals surface area contributed by atoms with Crippen molar-refractivity contribution in [1.82, 2.24) is 0 Å². The summed E-state index contributed by atoms with van der Waals surface area (Å²) in [4.78, 5) is -0.0666. The highest BCUT2D eigenvalue weighted by Crippen LogP contribution is 2.08. The summed E-state index contributed by atoms with van der Waals surface area (Å²) in [6.45, 7) is 2.71. The third kappa shape index (κ3) is 19.2. The smallest absolute Gasteiger partial charge is 0.294 e. The zero-order valence-electron chi connectivity index (χ0n) is 14.0. The molecule has 0 spiro atoms. The van der Waals surface area contributed by atoms with Crippen molar-refractivity contribution in [3.63, 3.8) is 0 Å². The van der Waals surface area contributed by atoms with Gasteiger partial charge in [0, 0.05) is 0 Å². The number of aryl methyl sites for hydroxylation is 1. The average molecular weight is 374 g/mol. The number of aliphatic hydroxyl groups is 3. The van der Waals surface area contributed by atoms with Crippen molar-refractivity contribution in [2.24, 2.45) is 0 Å². The quantitative estimate of drug-likeness (QED) is 0.328. The third-order valence-electron chi connectivity index (χ3n) is 2.19. The molecule has 0 aliphatic carbocycles. The molecule has 0 aliphatic rings. The molecule has 0 unspecified atom stereocenters. The van der Waals surface area contributed by atoms with Gasteiger partial charge in [-0.2, -0.15) is 8.42 Å². The lowest BCUT2D eigenvalue weighted by Crippen LogP contribution is -3.00. The molecule has 0 saturated carbocycles. The third-order valence-corrected chi connectivity index (χ3v) is 3.06. The summed E-state index contributed by atoms with van der Waals surface area (Å²) in [5.41, 5.74) is 0.956. The first kappa shape index (κ1) is 27.1. The van der Waals surface area contributed by atoms with Gasteiger partial charge in [0.25, 0.3) is 10.1 Å². The highest BCUT2D eigenvalue weighted by atomic mass is 35.5. The second-order valence-electron chi connectivity index (χ2n) is 5.47. The van der Waals surface area contributed by atoms with Crippen LogP contribution in [0.2, 0.25) is 0 Å². The number of halogens is 1. The van der Waals surface area contributed by atoms with Gasteiger partial charge in [0.2, 0.25) is 0 Å². The van der Waals surface area contributed by atoms with E-state index in [1.807, 2.05) is 6.92 Å². The molecule has 9 heteroatoms. The van der Waals surface area contributed by atoms with Crippen LogP contribution in [0.1, 0.15) is 5.56 Å². The lowest BCUT2D eigenvalue weighted by atomic mass is 10.2. The fourth-order valence-corrected chi connectivity index (χ4v) is 1.49. The molecule has 1 rings (SSSR count). The van der Waals surface area contributed by atoms with Gasteiger partial charge in [-0.1, -0.05) is 17.7 Å². The summed E-state index contributed by atoms with van der Waals surface area (Å²) in [6, 6.07) is 5.99. The second-order valence-corrected chi connectivity index (χ2v) is 6.89. The summed E-state index contributed by atoms with van der Waals surface area (Å²) in [6.07, 6.45) is 0. The summed E-state index contributed by atoms with van der Waals surface area (Å²) in [5.74, 6) is 0. The van der Waals surface area contributed by atoms with E-state index in [9.17, 15) is 8.42 Å². The molecule has 0 amide bonds. The molecule has 0 fully saturated rings. The average Bonchev–Trinajstić information content (AvgIpc) is 2.38. The topological polar surface area (TPSA) is 115 Å². The van der Waals surface area contributed by atoms with Crippen molar-refractivity contribution in [3.05, 3.63) is 29.8 Å². The van der Waals surface area contributed by atoms with Crippen LogP contribution >= 0.6 is 0 Å². The van der Waals surface area contributed by atoms with Gasteiger partial charge >= 0.3 is 0 Å². The van der Waals surface area contributed by atoms with Crippen LogP contribution in [0.5, 0.6) is 0 Å². The lowest BCUT2D eigenvalue weighted by molar-refractivity contribution is -0.870. The summed E-state index contributed by atoms with van der Waals surface area (Å²) in [7, 11) is 2.14. The molecule has 23 heavy (non-hydrogen) atoms. The highest BCUT2D eigenvalue weighted by molar-refractivity contribution is 7.85. The molecule has 0 atom stereocenters. The normalized spacial score (nSPS) is 10.4. The van der Waals surface area contributed by atoms with Gasteiger partial charge in [-0.25, -0.2) is 0 Å². The van der Waals surface area contributed by atoms with Crippen molar-refractivity contribution in [3.8, 4) is 0 Å². The SMILES string of the molecule is C[N+](C)(C)CCO.Cc1ccc(S(=O)(=O)O)cc1.OCCO.[Cl-]. The van der Waals surface area contributed by atoms with Crippen molar-refractivity contribution >= 4 is 10.1 Å². The monoisotopic (exact) mass is 373 g/mol. The molecule has 0 saturated heterocycles. The maximum Gasteiger partial charge on any atom is 0.294 e. The van der Waals surface area contributed by atoms with Crippen molar-refractivity contribution in [1.29, 1.82) is 0 Å². The van der Waals surface area contributed by atoms with Gasteiger partial charge in [0.05, 0.1) is 45.9 Å². The minimum atomic E-state index is -4.02. The molecule has 4 N–H and O–H groups in total. The maximum atomic E-state index is 10.5. The van der Waals surface area contributed by atoms with Gasteiger partial charge in [0.15, 0.2) is 0 Å². The fraction of sp³-hybridized carbons (Fsp3) is 0.571. The minimum absolute atomic E-state index is 0. The Balaban J connectivity index is -0.000000290. The zero-order chi connectivity index (χ0) is 17.8. The van der Waals surface area contributed by atoms with Crippen molar-refractivity contribution in [2.75, 3.05) is 47.5 Å². The predicted octanol–water partition coefficient (Wildman–Crippen LogP) is -3.10. The van der Waals surface area contributed by atoms with E-state index in [-0.39, 0.29) is 37.1 Å². The van der Waals surface area contributed by atoms with Crippen LogP contribution in [0.25, 0.3) is 0 Å². The molecule has 1 aromatic rings. The molecule has 0 aromatic heterocycles. The van der Waals surface area contributed by atoms with E-state index in [1.165, 1.54) is 12.1 Å². The number of benzene rings is 1. The van der Waals surface area contributed by atoms with E-state index in [2.05, 4.69) is 21.1 Å². The van der Waals surface area contributed by atoms with E-state index < -0.39 is 10.1 Å². The molecule has 1 aromatic carbocycles. The van der Waals surface area contributed by atoms with E-state index in [1.54, 1.807) is 12.1 Å². The Morgan fingerprint density at radius 3 is 1.48 bits per heavy atom. The predicted molar refractivity (Wildman–Crippen MR) is 85.2 cm³/mol. The van der Waals surface area contributed by atoms with E-state index in [0.29, 0.717) is 0 Å². The Hall–Kier alpha value is -0.740.